The van der Waals surface area contributed by atoms with Crippen molar-refractivity contribution in [2.45, 2.75) is 0 Å². The SMILES string of the molecule is CNC(=O)CNC(=O)Nc1c(F)cccc1F. The molecule has 0 heterocycles. The van der Waals surface area contributed by atoms with Crippen molar-refractivity contribution >= 4 is 17.6 Å². The second-order valence-electron chi connectivity index (χ2n) is 3.08. The number of amides is 3. The maximum atomic E-state index is 13.1. The van der Waals surface area contributed by atoms with Crippen LogP contribution in [0.5, 0.6) is 0 Å². The van der Waals surface area contributed by atoms with Crippen LogP contribution >= 0.6 is 0 Å². The average molecular weight is 243 g/mol. The van der Waals surface area contributed by atoms with Crippen LogP contribution in [-0.4, -0.2) is 25.5 Å². The third-order valence-electron chi connectivity index (χ3n) is 1.89. The number of anilines is 1. The fraction of sp³-hybridized carbons (Fsp3) is 0.200. The Morgan fingerprint density at radius 2 is 1.82 bits per heavy atom. The van der Waals surface area contributed by atoms with E-state index < -0.39 is 29.3 Å². The van der Waals surface area contributed by atoms with Gasteiger partial charge in [-0.15, -0.1) is 0 Å². The van der Waals surface area contributed by atoms with E-state index >= 15 is 0 Å². The van der Waals surface area contributed by atoms with Gasteiger partial charge in [0.25, 0.3) is 0 Å². The van der Waals surface area contributed by atoms with Crippen LogP contribution in [0.1, 0.15) is 0 Å². The average Bonchev–Trinajstić information content (AvgIpc) is 2.31. The van der Waals surface area contributed by atoms with E-state index in [0.717, 1.165) is 12.1 Å². The first kappa shape index (κ1) is 12.9. The lowest BCUT2D eigenvalue weighted by molar-refractivity contribution is -0.119. The van der Waals surface area contributed by atoms with Crippen molar-refractivity contribution in [3.8, 4) is 0 Å². The number of urea groups is 1. The van der Waals surface area contributed by atoms with E-state index in [1.54, 1.807) is 0 Å². The molecule has 0 spiro atoms. The molecule has 1 aromatic carbocycles. The summed E-state index contributed by atoms with van der Waals surface area (Å²) in [4.78, 5) is 22.0. The van der Waals surface area contributed by atoms with Gasteiger partial charge in [0.15, 0.2) is 0 Å². The first-order valence-electron chi connectivity index (χ1n) is 4.74. The fourth-order valence-electron chi connectivity index (χ4n) is 1.02. The number of carbonyl (C=O) groups excluding carboxylic acids is 2. The smallest absolute Gasteiger partial charge is 0.319 e. The van der Waals surface area contributed by atoms with Crippen LogP contribution in [0.25, 0.3) is 0 Å². The third-order valence-corrected chi connectivity index (χ3v) is 1.89. The molecule has 0 aromatic heterocycles. The van der Waals surface area contributed by atoms with Gasteiger partial charge in [-0.3, -0.25) is 4.79 Å². The number of hydrogen-bond donors (Lipinski definition) is 3. The predicted molar refractivity (Wildman–Crippen MR) is 57.4 cm³/mol. The zero-order valence-electron chi connectivity index (χ0n) is 9.01. The van der Waals surface area contributed by atoms with E-state index in [2.05, 4.69) is 10.6 Å². The monoisotopic (exact) mass is 243 g/mol. The molecule has 5 nitrogen and oxygen atoms in total. The Morgan fingerprint density at radius 1 is 1.24 bits per heavy atom. The summed E-state index contributed by atoms with van der Waals surface area (Å²) in [5, 5.41) is 6.40. The van der Waals surface area contributed by atoms with Gasteiger partial charge in [0, 0.05) is 7.05 Å². The minimum Gasteiger partial charge on any atom is -0.358 e. The Balaban J connectivity index is 2.59. The predicted octanol–water partition coefficient (Wildman–Crippen LogP) is 0.832. The van der Waals surface area contributed by atoms with E-state index in [0.29, 0.717) is 0 Å². The van der Waals surface area contributed by atoms with Crippen LogP contribution in [0.15, 0.2) is 18.2 Å². The first-order chi connectivity index (χ1) is 8.04. The van der Waals surface area contributed by atoms with Crippen molar-refractivity contribution in [2.24, 2.45) is 0 Å². The van der Waals surface area contributed by atoms with E-state index in [-0.39, 0.29) is 6.54 Å². The normalized spacial score (nSPS) is 9.59. The second-order valence-corrected chi connectivity index (χ2v) is 3.08. The Kier molecular flexibility index (Phi) is 4.38. The van der Waals surface area contributed by atoms with Crippen molar-refractivity contribution in [1.29, 1.82) is 0 Å². The second kappa shape index (κ2) is 5.78. The van der Waals surface area contributed by atoms with E-state index in [4.69, 9.17) is 0 Å². The zero-order chi connectivity index (χ0) is 12.8. The van der Waals surface area contributed by atoms with Gasteiger partial charge in [0.05, 0.1) is 6.54 Å². The molecule has 0 saturated carbocycles. The maximum Gasteiger partial charge on any atom is 0.319 e. The van der Waals surface area contributed by atoms with E-state index in [9.17, 15) is 18.4 Å². The molecule has 0 unspecified atom stereocenters. The molecule has 0 aliphatic carbocycles. The lowest BCUT2D eigenvalue weighted by atomic mass is 10.3. The molecular weight excluding hydrogens is 232 g/mol. The Labute approximate surface area is 96.2 Å². The summed E-state index contributed by atoms with van der Waals surface area (Å²) in [5.41, 5.74) is -0.554. The molecule has 3 N–H and O–H groups in total. The largest absolute Gasteiger partial charge is 0.358 e. The fourth-order valence-corrected chi connectivity index (χ4v) is 1.02. The molecule has 0 aliphatic heterocycles. The number of rotatable bonds is 3. The van der Waals surface area contributed by atoms with Crippen molar-refractivity contribution < 1.29 is 18.4 Å². The summed E-state index contributed by atoms with van der Waals surface area (Å²) in [6.45, 7) is -0.279. The van der Waals surface area contributed by atoms with Crippen LogP contribution in [0, 0.1) is 11.6 Å². The molecule has 0 aliphatic rings. The Bertz CT molecular complexity index is 417. The van der Waals surface area contributed by atoms with E-state index in [1.165, 1.54) is 13.1 Å². The molecule has 0 radical (unpaired) electrons. The summed E-state index contributed by atoms with van der Waals surface area (Å²) < 4.78 is 26.2. The molecule has 3 amide bonds. The number of hydrogen-bond acceptors (Lipinski definition) is 2. The van der Waals surface area contributed by atoms with Crippen LogP contribution in [0.2, 0.25) is 0 Å². The highest BCUT2D eigenvalue weighted by Crippen LogP contribution is 2.17. The van der Waals surface area contributed by atoms with Crippen LogP contribution in [0.4, 0.5) is 19.3 Å². The number of nitrogens with one attached hydrogen (secondary N) is 3. The van der Waals surface area contributed by atoms with E-state index in [1.807, 2.05) is 5.32 Å². The first-order valence-corrected chi connectivity index (χ1v) is 4.74. The highest BCUT2D eigenvalue weighted by atomic mass is 19.1. The maximum absolute atomic E-state index is 13.1. The van der Waals surface area contributed by atoms with Gasteiger partial charge in [-0.1, -0.05) is 6.07 Å². The summed E-state index contributed by atoms with van der Waals surface area (Å²) in [5.74, 6) is -2.20. The molecular formula is C10H11F2N3O2. The van der Waals surface area contributed by atoms with Gasteiger partial charge in [-0.05, 0) is 12.1 Å². The van der Waals surface area contributed by atoms with Gasteiger partial charge in [-0.25, -0.2) is 13.6 Å². The Hall–Kier alpha value is -2.18. The van der Waals surface area contributed by atoms with Crippen molar-refractivity contribution in [3.63, 3.8) is 0 Å². The quantitative estimate of drug-likeness (QED) is 0.736. The van der Waals surface area contributed by atoms with Crippen LogP contribution in [-0.2, 0) is 4.79 Å². The molecule has 1 rings (SSSR count). The van der Waals surface area contributed by atoms with Gasteiger partial charge in [-0.2, -0.15) is 0 Å². The number of benzene rings is 1. The third kappa shape index (κ3) is 3.71. The summed E-state index contributed by atoms with van der Waals surface area (Å²) in [7, 11) is 1.40. The zero-order valence-corrected chi connectivity index (χ0v) is 9.01. The summed E-state index contributed by atoms with van der Waals surface area (Å²) in [6.07, 6.45) is 0. The summed E-state index contributed by atoms with van der Waals surface area (Å²) in [6, 6.07) is 2.34. The molecule has 7 heteroatoms. The highest BCUT2D eigenvalue weighted by Gasteiger charge is 2.11. The van der Waals surface area contributed by atoms with Crippen LogP contribution in [0.3, 0.4) is 0 Å². The standard InChI is InChI=1S/C10H11F2N3O2/c1-13-8(16)5-14-10(17)15-9-6(11)3-2-4-7(9)12/h2-4H,5H2,1H3,(H,13,16)(H2,14,15,17). The topological polar surface area (TPSA) is 70.2 Å². The lowest BCUT2D eigenvalue weighted by Gasteiger charge is -2.08. The van der Waals surface area contributed by atoms with Gasteiger partial charge < -0.3 is 16.0 Å². The molecule has 92 valence electrons. The van der Waals surface area contributed by atoms with Crippen LogP contribution < -0.4 is 16.0 Å². The number of para-hydroxylation sites is 1. The van der Waals surface area contributed by atoms with Gasteiger partial charge in [0.2, 0.25) is 5.91 Å². The van der Waals surface area contributed by atoms with Gasteiger partial charge >= 0.3 is 6.03 Å². The minimum atomic E-state index is -0.889. The number of likely N-dealkylation sites (N-methyl/N-ethyl adjacent to an activating group) is 1. The van der Waals surface area contributed by atoms with Crippen molar-refractivity contribution in [3.05, 3.63) is 29.8 Å². The highest BCUT2D eigenvalue weighted by molar-refractivity contribution is 5.92. The molecule has 0 saturated heterocycles. The summed E-state index contributed by atoms with van der Waals surface area (Å²) >= 11 is 0. The molecule has 1 aromatic rings. The lowest BCUT2D eigenvalue weighted by Crippen LogP contribution is -2.37. The molecule has 0 fully saturated rings. The molecule has 0 atom stereocenters. The minimum absolute atomic E-state index is 0.279. The van der Waals surface area contributed by atoms with Crippen molar-refractivity contribution in [1.82, 2.24) is 10.6 Å². The molecule has 0 bridgehead atoms. The van der Waals surface area contributed by atoms with Crippen molar-refractivity contribution in [2.75, 3.05) is 18.9 Å². The Morgan fingerprint density at radius 3 is 2.35 bits per heavy atom. The number of carbonyl (C=O) groups is 2. The molecule has 17 heavy (non-hydrogen) atoms. The van der Waals surface area contributed by atoms with Gasteiger partial charge in [0.1, 0.15) is 17.3 Å². The number of halogens is 2.